The van der Waals surface area contributed by atoms with Gasteiger partial charge in [0.05, 0.1) is 4.90 Å². The van der Waals surface area contributed by atoms with Gasteiger partial charge in [-0.2, -0.15) is 8.78 Å². The van der Waals surface area contributed by atoms with E-state index < -0.39 is 22.5 Å². The fraction of sp³-hybridized carbons (Fsp3) is 0.160. The van der Waals surface area contributed by atoms with Crippen LogP contribution in [0.2, 0.25) is 0 Å². The lowest BCUT2D eigenvalue weighted by Crippen LogP contribution is -2.22. The lowest BCUT2D eigenvalue weighted by Gasteiger charge is -2.15. The first-order valence-electron chi connectivity index (χ1n) is 10.2. The summed E-state index contributed by atoms with van der Waals surface area (Å²) in [6.07, 6.45) is 1.62. The van der Waals surface area contributed by atoms with E-state index in [0.29, 0.717) is 28.0 Å². The molecule has 0 fully saturated rings. The van der Waals surface area contributed by atoms with Crippen LogP contribution in [0, 0.1) is 6.92 Å². The summed E-state index contributed by atoms with van der Waals surface area (Å²) in [6.45, 7) is -1.17. The number of rotatable bonds is 8. The fourth-order valence-electron chi connectivity index (χ4n) is 3.11. The normalized spacial score (nSPS) is 12.1. The zero-order valence-corrected chi connectivity index (χ0v) is 19.6. The molecule has 0 atom stereocenters. The van der Waals surface area contributed by atoms with E-state index >= 15 is 0 Å². The third-order valence-corrected chi connectivity index (χ3v) is 6.79. The number of sulfonamides is 1. The summed E-state index contributed by atoms with van der Waals surface area (Å²) in [5.41, 5.74) is 2.57. The van der Waals surface area contributed by atoms with Crippen molar-refractivity contribution in [3.63, 3.8) is 0 Å². The Bertz CT molecular complexity index is 1290. The highest BCUT2D eigenvalue weighted by molar-refractivity contribution is 7.89. The van der Waals surface area contributed by atoms with Gasteiger partial charge < -0.3 is 10.1 Å². The predicted molar refractivity (Wildman–Crippen MR) is 128 cm³/mol. The first kappa shape index (κ1) is 25.1. The molecule has 0 aromatic heterocycles. The summed E-state index contributed by atoms with van der Waals surface area (Å²) in [7, 11) is -0.820. The average Bonchev–Trinajstić information content (AvgIpc) is 2.80. The van der Waals surface area contributed by atoms with E-state index in [9.17, 15) is 22.0 Å². The van der Waals surface area contributed by atoms with Crippen LogP contribution in [0.5, 0.6) is 5.75 Å². The maximum atomic E-state index is 13.3. The largest absolute Gasteiger partial charge is 0.435 e. The molecule has 178 valence electrons. The second-order valence-electron chi connectivity index (χ2n) is 7.59. The van der Waals surface area contributed by atoms with Crippen LogP contribution in [0.3, 0.4) is 0 Å². The first-order chi connectivity index (χ1) is 16.1. The molecule has 0 aliphatic rings. The van der Waals surface area contributed by atoms with Gasteiger partial charge in [0, 0.05) is 25.4 Å². The Balaban J connectivity index is 1.97. The number of alkyl halides is 2. The Labute approximate surface area is 197 Å². The number of aryl methyl sites for hydroxylation is 1. The Morgan fingerprint density at radius 1 is 1.00 bits per heavy atom. The van der Waals surface area contributed by atoms with Crippen LogP contribution >= 0.6 is 0 Å². The fourth-order valence-corrected chi connectivity index (χ4v) is 4.03. The van der Waals surface area contributed by atoms with Crippen molar-refractivity contribution < 1.29 is 26.7 Å². The maximum absolute atomic E-state index is 13.3. The molecule has 9 heteroatoms. The number of anilines is 1. The number of hydrogen-bond donors (Lipinski definition) is 1. The van der Waals surface area contributed by atoms with E-state index in [4.69, 9.17) is 0 Å². The number of carbonyl (C=O) groups is 1. The van der Waals surface area contributed by atoms with E-state index in [1.807, 2.05) is 6.07 Å². The van der Waals surface area contributed by atoms with Crippen molar-refractivity contribution in [2.75, 3.05) is 19.4 Å². The summed E-state index contributed by atoms with van der Waals surface area (Å²) in [5, 5.41) is 2.80. The molecule has 3 aromatic carbocycles. The Kier molecular flexibility index (Phi) is 7.80. The van der Waals surface area contributed by atoms with Gasteiger partial charge in [0.2, 0.25) is 10.0 Å². The lowest BCUT2D eigenvalue weighted by molar-refractivity contribution is -0.111. The quantitative estimate of drug-likeness (QED) is 0.358. The molecule has 0 saturated heterocycles. The number of halogens is 2. The Hall–Kier alpha value is -3.56. The molecule has 0 heterocycles. The monoisotopic (exact) mass is 486 g/mol. The minimum atomic E-state index is -3.68. The van der Waals surface area contributed by atoms with Crippen LogP contribution in [-0.2, 0) is 14.8 Å². The SMILES string of the molecule is Cc1ccc(S(=O)(=O)N(C)C)cc1NC(=O)/C(=C\c1ccc(OC(F)F)cc1)c1ccccc1. The van der Waals surface area contributed by atoms with Crippen molar-refractivity contribution in [3.8, 4) is 5.75 Å². The van der Waals surface area contributed by atoms with Crippen LogP contribution in [0.4, 0.5) is 14.5 Å². The van der Waals surface area contributed by atoms with E-state index in [-0.39, 0.29) is 10.6 Å². The molecule has 1 amide bonds. The van der Waals surface area contributed by atoms with Crippen molar-refractivity contribution >= 4 is 33.3 Å². The number of nitrogens with one attached hydrogen (secondary N) is 1. The number of amides is 1. The molecule has 0 spiro atoms. The van der Waals surface area contributed by atoms with Gasteiger partial charge in [-0.15, -0.1) is 0 Å². The van der Waals surface area contributed by atoms with Crippen molar-refractivity contribution in [2.45, 2.75) is 18.4 Å². The molecule has 0 aliphatic heterocycles. The van der Waals surface area contributed by atoms with Crippen LogP contribution in [0.15, 0.2) is 77.7 Å². The number of benzene rings is 3. The molecule has 3 aromatic rings. The third kappa shape index (κ3) is 6.06. The highest BCUT2D eigenvalue weighted by Gasteiger charge is 2.20. The average molecular weight is 487 g/mol. The Morgan fingerprint density at radius 3 is 2.24 bits per heavy atom. The molecule has 1 N–H and O–H groups in total. The van der Waals surface area contributed by atoms with Gasteiger partial charge in [0.15, 0.2) is 0 Å². The molecule has 34 heavy (non-hydrogen) atoms. The van der Waals surface area contributed by atoms with Crippen LogP contribution in [0.1, 0.15) is 16.7 Å². The van der Waals surface area contributed by atoms with E-state index in [1.54, 1.807) is 55.5 Å². The van der Waals surface area contributed by atoms with Crippen LogP contribution in [-0.4, -0.2) is 39.3 Å². The zero-order chi connectivity index (χ0) is 24.9. The molecular formula is C25H24F2N2O4S. The van der Waals surface area contributed by atoms with Crippen LogP contribution < -0.4 is 10.1 Å². The molecule has 3 rings (SSSR count). The summed E-state index contributed by atoms with van der Waals surface area (Å²) in [6, 6.07) is 19.3. The second-order valence-corrected chi connectivity index (χ2v) is 9.74. The zero-order valence-electron chi connectivity index (χ0n) is 18.8. The van der Waals surface area contributed by atoms with E-state index in [1.165, 1.54) is 38.4 Å². The minimum absolute atomic E-state index is 0.00686. The van der Waals surface area contributed by atoms with E-state index in [0.717, 1.165) is 4.31 Å². The summed E-state index contributed by atoms with van der Waals surface area (Å²) in [5.74, 6) is -0.450. The smallest absolute Gasteiger partial charge is 0.387 e. The van der Waals surface area contributed by atoms with Crippen molar-refractivity contribution in [2.24, 2.45) is 0 Å². The minimum Gasteiger partial charge on any atom is -0.435 e. The van der Waals surface area contributed by atoms with E-state index in [2.05, 4.69) is 10.1 Å². The summed E-state index contributed by atoms with van der Waals surface area (Å²) >= 11 is 0. The standard InChI is InChI=1S/C25H24F2N2O4S/c1-17-9-14-21(34(31,32)29(2)3)16-23(17)28-24(30)22(19-7-5-4-6-8-19)15-18-10-12-20(13-11-18)33-25(26)27/h4-16,25H,1-3H3,(H,28,30)/b22-15-. The number of ether oxygens (including phenoxy) is 1. The number of hydrogen-bond acceptors (Lipinski definition) is 4. The molecule has 0 bridgehead atoms. The van der Waals surface area contributed by atoms with Crippen LogP contribution in [0.25, 0.3) is 11.6 Å². The molecule has 0 unspecified atom stereocenters. The van der Waals surface area contributed by atoms with Gasteiger partial charge in [-0.3, -0.25) is 4.79 Å². The topological polar surface area (TPSA) is 75.7 Å². The second kappa shape index (κ2) is 10.6. The van der Waals surface area contributed by atoms with Crippen molar-refractivity contribution in [3.05, 3.63) is 89.5 Å². The van der Waals surface area contributed by atoms with Gasteiger partial charge in [-0.05, 0) is 54.0 Å². The highest BCUT2D eigenvalue weighted by Crippen LogP contribution is 2.26. The highest BCUT2D eigenvalue weighted by atomic mass is 32.2. The van der Waals surface area contributed by atoms with Gasteiger partial charge in [-0.1, -0.05) is 48.5 Å². The van der Waals surface area contributed by atoms with Crippen molar-refractivity contribution in [1.82, 2.24) is 4.31 Å². The first-order valence-corrected chi connectivity index (χ1v) is 11.7. The molecule has 0 radical (unpaired) electrons. The predicted octanol–water partition coefficient (Wildman–Crippen LogP) is 5.03. The summed E-state index contributed by atoms with van der Waals surface area (Å²) in [4.78, 5) is 13.4. The molecule has 0 saturated carbocycles. The number of nitrogens with zero attached hydrogens (tertiary/aromatic N) is 1. The number of carbonyl (C=O) groups excluding carboxylic acids is 1. The third-order valence-electron chi connectivity index (χ3n) is 4.98. The molecular weight excluding hydrogens is 462 g/mol. The molecule has 6 nitrogen and oxygen atoms in total. The molecule has 0 aliphatic carbocycles. The van der Waals surface area contributed by atoms with Gasteiger partial charge in [-0.25, -0.2) is 12.7 Å². The Morgan fingerprint density at radius 2 is 1.65 bits per heavy atom. The van der Waals surface area contributed by atoms with Gasteiger partial charge in [0.1, 0.15) is 5.75 Å². The van der Waals surface area contributed by atoms with Gasteiger partial charge in [0.25, 0.3) is 5.91 Å². The lowest BCUT2D eigenvalue weighted by atomic mass is 10.0. The maximum Gasteiger partial charge on any atom is 0.387 e. The summed E-state index contributed by atoms with van der Waals surface area (Å²) < 4.78 is 55.3. The van der Waals surface area contributed by atoms with Gasteiger partial charge >= 0.3 is 6.61 Å². The van der Waals surface area contributed by atoms with Crippen molar-refractivity contribution in [1.29, 1.82) is 0 Å².